The number of carbonyl (C=O) groups is 3. The number of rotatable bonds is 27. The van der Waals surface area contributed by atoms with Gasteiger partial charge in [0, 0.05) is 17.4 Å². The molecule has 0 fully saturated rings. The molecule has 0 aliphatic heterocycles. The molecule has 0 bridgehead atoms. The van der Waals surface area contributed by atoms with Crippen molar-refractivity contribution in [3.05, 3.63) is 53.8 Å². The number of esters is 2. The van der Waals surface area contributed by atoms with Gasteiger partial charge in [0.1, 0.15) is 29.5 Å². The molecule has 61 heavy (non-hydrogen) atoms. The normalized spacial score (nSPS) is 12.9. The van der Waals surface area contributed by atoms with Gasteiger partial charge in [0.25, 0.3) is 0 Å². The molecule has 0 aliphatic rings. The first-order valence-electron chi connectivity index (χ1n) is 21.6. The second kappa shape index (κ2) is 22.8. The quantitative estimate of drug-likeness (QED) is 0.0285. The fourth-order valence-electron chi connectivity index (χ4n) is 7.23. The van der Waals surface area contributed by atoms with Crippen LogP contribution < -0.4 is 20.2 Å². The second-order valence-electron chi connectivity index (χ2n) is 17.9. The minimum atomic E-state index is -3.88. The lowest BCUT2D eigenvalue weighted by molar-refractivity contribution is -0.149. The highest BCUT2D eigenvalue weighted by molar-refractivity contribution is 7.59. The van der Waals surface area contributed by atoms with Gasteiger partial charge < -0.3 is 28.8 Å². The van der Waals surface area contributed by atoms with Crippen LogP contribution in [-0.2, 0) is 45.1 Å². The summed E-state index contributed by atoms with van der Waals surface area (Å²) in [6.07, 6.45) is 9.63. The lowest BCUT2D eigenvalue weighted by Crippen LogP contribution is -2.54. The number of nitrogens with one attached hydrogen (secondary N) is 3. The maximum Gasteiger partial charge on any atom is 0.326 e. The molecule has 3 rings (SSSR count). The summed E-state index contributed by atoms with van der Waals surface area (Å²) in [6, 6.07) is 4.02. The Kier molecular flexibility index (Phi) is 19.1. The summed E-state index contributed by atoms with van der Waals surface area (Å²) in [5, 5.41) is 8.88. The number of nitrogens with zero attached hydrogens (tertiary/aromatic N) is 4. The molecular formula is C45H72N7O8P. The zero-order chi connectivity index (χ0) is 45.6. The predicted molar refractivity (Wildman–Crippen MR) is 241 cm³/mol. The molecule has 3 N–H and O–H groups in total. The van der Waals surface area contributed by atoms with Crippen molar-refractivity contribution >= 4 is 42.3 Å². The van der Waals surface area contributed by atoms with E-state index in [1.807, 2.05) is 33.8 Å². The van der Waals surface area contributed by atoms with Crippen LogP contribution in [0.4, 0.5) is 5.82 Å². The first kappa shape index (κ1) is 51.2. The average Bonchev–Trinajstić information content (AvgIpc) is 3.55. The van der Waals surface area contributed by atoms with Crippen LogP contribution in [0.25, 0.3) is 11.2 Å². The second-order valence-corrected chi connectivity index (χ2v) is 20.1. The third-order valence-corrected chi connectivity index (χ3v) is 12.4. The fourth-order valence-corrected chi connectivity index (χ4v) is 9.87. The van der Waals surface area contributed by atoms with E-state index in [9.17, 15) is 18.9 Å². The zero-order valence-electron chi connectivity index (χ0n) is 38.8. The van der Waals surface area contributed by atoms with Crippen LogP contribution >= 0.6 is 7.44 Å². The van der Waals surface area contributed by atoms with Crippen LogP contribution in [0.2, 0.25) is 0 Å². The minimum absolute atomic E-state index is 0.129. The van der Waals surface area contributed by atoms with Crippen LogP contribution in [0.3, 0.4) is 0 Å². The van der Waals surface area contributed by atoms with E-state index in [1.54, 1.807) is 52.4 Å². The van der Waals surface area contributed by atoms with Gasteiger partial charge in [-0.05, 0) is 85.4 Å². The highest BCUT2D eigenvalue weighted by Gasteiger charge is 2.43. The van der Waals surface area contributed by atoms with E-state index < -0.39 is 42.0 Å². The lowest BCUT2D eigenvalue weighted by Gasteiger charge is -2.35. The Morgan fingerprint density at radius 1 is 0.852 bits per heavy atom. The molecule has 0 aliphatic carbocycles. The molecule has 0 saturated carbocycles. The van der Waals surface area contributed by atoms with Gasteiger partial charge in [-0.3, -0.25) is 18.9 Å². The first-order valence-corrected chi connectivity index (χ1v) is 23.5. The molecular weight excluding hydrogens is 798 g/mol. The molecule has 2 heterocycles. The fraction of sp³-hybridized carbons (Fsp3) is 0.644. The van der Waals surface area contributed by atoms with Crippen LogP contribution in [0, 0.1) is 13.8 Å². The van der Waals surface area contributed by atoms with Gasteiger partial charge in [-0.15, -0.1) is 0 Å². The maximum absolute atomic E-state index is 14.8. The standard InChI is InChI=1S/C45H72N7O8P/c1-14-16-18-20-22-57-41(54)44(10,11)50-61(56,51-45(12,13)42(55)58-23-21-19-17-15-2)30-59-34(7)27-52-29-48-38-39(46-28-47-40(38)52)49-36(53)26-43(8,9)37-33(6)24-32(5)25-35(37)60-31(3)4/h24-25,28-29,34H,3,14-23,26-27,30H2,1-2,4-13H3,(H2,50,51,56)(H,46,47,49,53)/t34-/m1/s1. The number of hydrogen-bond acceptors (Lipinski definition) is 11. The third kappa shape index (κ3) is 15.6. The van der Waals surface area contributed by atoms with Crippen molar-refractivity contribution in [2.24, 2.45) is 0 Å². The van der Waals surface area contributed by atoms with Gasteiger partial charge in [0.2, 0.25) is 13.4 Å². The largest absolute Gasteiger partial charge is 0.464 e. The third-order valence-electron chi connectivity index (χ3n) is 10.1. The Morgan fingerprint density at radius 3 is 1.97 bits per heavy atom. The molecule has 1 aromatic carbocycles. The maximum atomic E-state index is 14.8. The van der Waals surface area contributed by atoms with E-state index in [2.05, 4.69) is 56.9 Å². The van der Waals surface area contributed by atoms with E-state index in [4.69, 9.17) is 18.9 Å². The monoisotopic (exact) mass is 870 g/mol. The lowest BCUT2D eigenvalue weighted by atomic mass is 9.78. The van der Waals surface area contributed by atoms with Gasteiger partial charge in [0.05, 0.1) is 37.9 Å². The van der Waals surface area contributed by atoms with Crippen LogP contribution in [0.5, 0.6) is 5.75 Å². The molecule has 16 heteroatoms. The number of allylic oxidation sites excluding steroid dienone is 1. The molecule has 15 nitrogen and oxygen atoms in total. The Balaban J connectivity index is 1.77. The first-order chi connectivity index (χ1) is 28.5. The molecule has 0 saturated heterocycles. The SMILES string of the molecule is C=C(C)Oc1cc(C)cc(C)c1C(C)(C)CC(=O)Nc1ncnc2c1ncn2C[C@@H](C)OCP(=O)(NC(C)(C)C(=O)OCCCCCC)NC(C)(C)C(=O)OCCCCCC. The van der Waals surface area contributed by atoms with Crippen LogP contribution in [0.15, 0.2) is 37.1 Å². The summed E-state index contributed by atoms with van der Waals surface area (Å²) in [6.45, 7) is 26.8. The van der Waals surface area contributed by atoms with Gasteiger partial charge >= 0.3 is 11.9 Å². The Morgan fingerprint density at radius 2 is 1.43 bits per heavy atom. The van der Waals surface area contributed by atoms with Gasteiger partial charge in [-0.2, -0.15) is 0 Å². The van der Waals surface area contributed by atoms with Crippen molar-refractivity contribution in [3.8, 4) is 5.75 Å². The summed E-state index contributed by atoms with van der Waals surface area (Å²) < 4.78 is 39.9. The Bertz CT molecular complexity index is 1970. The Hall–Kier alpha value is -4.17. The van der Waals surface area contributed by atoms with E-state index in [0.29, 0.717) is 22.7 Å². The number of benzene rings is 1. The van der Waals surface area contributed by atoms with Gasteiger partial charge in [-0.25, -0.2) is 25.1 Å². The van der Waals surface area contributed by atoms with Crippen molar-refractivity contribution in [1.29, 1.82) is 0 Å². The number of fused-ring (bicyclic) bond motifs is 1. The minimum Gasteiger partial charge on any atom is -0.464 e. The molecule has 340 valence electrons. The summed E-state index contributed by atoms with van der Waals surface area (Å²) in [5.41, 5.74) is 0.411. The number of imidazole rings is 1. The van der Waals surface area contributed by atoms with Crippen molar-refractivity contribution in [2.75, 3.05) is 24.9 Å². The topological polar surface area (TPSA) is 185 Å². The number of hydrogen-bond donors (Lipinski definition) is 3. The van der Waals surface area contributed by atoms with Gasteiger partial charge in [0.15, 0.2) is 17.0 Å². The van der Waals surface area contributed by atoms with E-state index in [-0.39, 0.29) is 44.3 Å². The number of carbonyl (C=O) groups excluding carboxylic acids is 3. The number of amides is 1. The van der Waals surface area contributed by atoms with Gasteiger partial charge in [-0.1, -0.05) is 78.9 Å². The number of anilines is 1. The molecule has 2 aromatic heterocycles. The number of ether oxygens (including phenoxy) is 4. The van der Waals surface area contributed by atoms with Crippen molar-refractivity contribution in [2.45, 2.75) is 170 Å². The van der Waals surface area contributed by atoms with Crippen LogP contribution in [-0.4, -0.2) is 74.1 Å². The van der Waals surface area contributed by atoms with Crippen molar-refractivity contribution < 1.29 is 37.9 Å². The molecule has 1 atom stereocenters. The molecule has 1 amide bonds. The van der Waals surface area contributed by atoms with E-state index >= 15 is 0 Å². The molecule has 0 unspecified atom stereocenters. The van der Waals surface area contributed by atoms with Crippen molar-refractivity contribution in [3.63, 3.8) is 0 Å². The molecule has 0 spiro atoms. The number of aromatic nitrogens is 4. The number of aryl methyl sites for hydroxylation is 2. The summed E-state index contributed by atoms with van der Waals surface area (Å²) in [4.78, 5) is 53.4. The summed E-state index contributed by atoms with van der Waals surface area (Å²) in [5.74, 6) is 0.0745. The average molecular weight is 870 g/mol. The van der Waals surface area contributed by atoms with E-state index in [0.717, 1.165) is 68.1 Å². The smallest absolute Gasteiger partial charge is 0.326 e. The van der Waals surface area contributed by atoms with E-state index in [1.165, 1.54) is 6.33 Å². The highest BCUT2D eigenvalue weighted by atomic mass is 31.2. The van der Waals surface area contributed by atoms with Crippen LogP contribution in [0.1, 0.15) is 144 Å². The predicted octanol–water partition coefficient (Wildman–Crippen LogP) is 9.20. The summed E-state index contributed by atoms with van der Waals surface area (Å²) >= 11 is 0. The zero-order valence-corrected chi connectivity index (χ0v) is 39.7. The Labute approximate surface area is 363 Å². The highest BCUT2D eigenvalue weighted by Crippen LogP contribution is 2.43. The number of unbranched alkanes of at least 4 members (excludes halogenated alkanes) is 6. The molecule has 0 radical (unpaired) electrons. The van der Waals surface area contributed by atoms with Crippen molar-refractivity contribution in [1.82, 2.24) is 29.7 Å². The molecule has 3 aromatic rings. The summed E-state index contributed by atoms with van der Waals surface area (Å²) in [7, 11) is -3.88.